The van der Waals surface area contributed by atoms with Crippen LogP contribution in [-0.4, -0.2) is 28.1 Å². The van der Waals surface area contributed by atoms with Gasteiger partial charge in [-0.3, -0.25) is 4.68 Å². The third-order valence-corrected chi connectivity index (χ3v) is 6.12. The standard InChI is InChI=1S/C18H31BN2O2/c1-12-9-8-10-15(11-12)21-14(3)16(13(2)20-21)19-22-17(4,5)18(6,7)23-19/h12,15H,8-11H2,1-7H3. The molecule has 1 aliphatic carbocycles. The molecule has 2 atom stereocenters. The highest BCUT2D eigenvalue weighted by atomic mass is 16.7. The van der Waals surface area contributed by atoms with E-state index >= 15 is 0 Å². The van der Waals surface area contributed by atoms with Gasteiger partial charge in [0.15, 0.2) is 0 Å². The number of nitrogens with zero attached hydrogens (tertiary/aromatic N) is 2. The average molecular weight is 318 g/mol. The molecule has 1 saturated carbocycles. The van der Waals surface area contributed by atoms with Gasteiger partial charge in [0.05, 0.1) is 22.9 Å². The molecule has 0 amide bonds. The van der Waals surface area contributed by atoms with Crippen LogP contribution in [0.5, 0.6) is 0 Å². The van der Waals surface area contributed by atoms with E-state index in [1.165, 1.54) is 31.4 Å². The minimum atomic E-state index is -0.310. The van der Waals surface area contributed by atoms with Crippen LogP contribution in [0.1, 0.15) is 77.7 Å². The molecule has 0 bridgehead atoms. The third kappa shape index (κ3) is 2.87. The molecule has 1 aromatic rings. The van der Waals surface area contributed by atoms with E-state index in [1.807, 2.05) is 0 Å². The van der Waals surface area contributed by atoms with Crippen molar-refractivity contribution in [3.63, 3.8) is 0 Å². The van der Waals surface area contributed by atoms with E-state index < -0.39 is 0 Å². The molecule has 0 spiro atoms. The lowest BCUT2D eigenvalue weighted by atomic mass is 9.77. The summed E-state index contributed by atoms with van der Waals surface area (Å²) in [6, 6.07) is 0.522. The lowest BCUT2D eigenvalue weighted by Gasteiger charge is -2.32. The molecule has 0 N–H and O–H groups in total. The van der Waals surface area contributed by atoms with E-state index in [1.54, 1.807) is 0 Å². The van der Waals surface area contributed by atoms with Gasteiger partial charge >= 0.3 is 7.12 Å². The Morgan fingerprint density at radius 3 is 2.26 bits per heavy atom. The van der Waals surface area contributed by atoms with Crippen LogP contribution in [0.15, 0.2) is 0 Å². The largest absolute Gasteiger partial charge is 0.498 e. The van der Waals surface area contributed by atoms with Crippen molar-refractivity contribution in [1.82, 2.24) is 9.78 Å². The maximum Gasteiger partial charge on any atom is 0.498 e. The fraction of sp³-hybridized carbons (Fsp3) is 0.833. The normalized spacial score (nSPS) is 30.0. The Kier molecular flexibility index (Phi) is 4.17. The fourth-order valence-corrected chi connectivity index (χ4v) is 3.96. The smallest absolute Gasteiger partial charge is 0.399 e. The first-order chi connectivity index (χ1) is 10.6. The van der Waals surface area contributed by atoms with Gasteiger partial charge in [-0.05, 0) is 60.3 Å². The summed E-state index contributed by atoms with van der Waals surface area (Å²) in [4.78, 5) is 0. The molecule has 2 aliphatic rings. The van der Waals surface area contributed by atoms with Crippen molar-refractivity contribution in [2.45, 2.75) is 91.4 Å². The number of aromatic nitrogens is 2. The molecule has 3 rings (SSSR count). The Bertz CT molecular complexity index is 578. The van der Waals surface area contributed by atoms with Crippen LogP contribution in [0.3, 0.4) is 0 Å². The van der Waals surface area contributed by atoms with E-state index in [-0.39, 0.29) is 18.3 Å². The minimum absolute atomic E-state index is 0.308. The molecular formula is C18H31BN2O2. The van der Waals surface area contributed by atoms with E-state index in [4.69, 9.17) is 14.4 Å². The molecule has 23 heavy (non-hydrogen) atoms. The predicted molar refractivity (Wildman–Crippen MR) is 94.1 cm³/mol. The number of aryl methyl sites for hydroxylation is 1. The van der Waals surface area contributed by atoms with Gasteiger partial charge in [0, 0.05) is 11.2 Å². The Hall–Kier alpha value is -0.805. The Morgan fingerprint density at radius 1 is 1.09 bits per heavy atom. The van der Waals surface area contributed by atoms with Crippen LogP contribution < -0.4 is 5.46 Å². The maximum atomic E-state index is 6.26. The summed E-state index contributed by atoms with van der Waals surface area (Å²) < 4.78 is 14.8. The van der Waals surface area contributed by atoms with E-state index in [0.29, 0.717) is 6.04 Å². The van der Waals surface area contributed by atoms with Gasteiger partial charge in [-0.15, -0.1) is 0 Å². The van der Waals surface area contributed by atoms with Crippen molar-refractivity contribution in [1.29, 1.82) is 0 Å². The zero-order valence-corrected chi connectivity index (χ0v) is 15.8. The molecule has 2 unspecified atom stereocenters. The van der Waals surface area contributed by atoms with Crippen molar-refractivity contribution in [3.8, 4) is 0 Å². The van der Waals surface area contributed by atoms with Crippen LogP contribution >= 0.6 is 0 Å². The minimum Gasteiger partial charge on any atom is -0.399 e. The molecule has 2 heterocycles. The van der Waals surface area contributed by atoms with Gasteiger partial charge in [0.2, 0.25) is 0 Å². The summed E-state index contributed by atoms with van der Waals surface area (Å²) in [5, 5.41) is 4.87. The first-order valence-corrected chi connectivity index (χ1v) is 9.03. The summed E-state index contributed by atoms with van der Waals surface area (Å²) in [5.41, 5.74) is 2.76. The lowest BCUT2D eigenvalue weighted by molar-refractivity contribution is 0.00578. The number of hydrogen-bond acceptors (Lipinski definition) is 3. The zero-order valence-electron chi connectivity index (χ0n) is 15.8. The van der Waals surface area contributed by atoms with Crippen LogP contribution in [0, 0.1) is 19.8 Å². The van der Waals surface area contributed by atoms with Crippen LogP contribution in [-0.2, 0) is 9.31 Å². The Balaban J connectivity index is 1.90. The molecule has 0 aromatic carbocycles. The van der Waals surface area contributed by atoms with Crippen molar-refractivity contribution >= 4 is 12.6 Å². The monoisotopic (exact) mass is 318 g/mol. The van der Waals surface area contributed by atoms with Gasteiger partial charge in [-0.2, -0.15) is 5.10 Å². The van der Waals surface area contributed by atoms with E-state index in [9.17, 15) is 0 Å². The third-order valence-electron chi connectivity index (χ3n) is 6.12. The molecule has 4 nitrogen and oxygen atoms in total. The second-order valence-corrected chi connectivity index (χ2v) is 8.54. The fourth-order valence-electron chi connectivity index (χ4n) is 3.96. The SMILES string of the molecule is Cc1nn(C2CCCC(C)C2)c(C)c1B1OC(C)(C)C(C)(C)O1. The first kappa shape index (κ1) is 17.0. The Morgan fingerprint density at radius 2 is 1.70 bits per heavy atom. The molecule has 1 aromatic heterocycles. The predicted octanol–water partition coefficient (Wildman–Crippen LogP) is 3.55. The number of rotatable bonds is 2. The highest BCUT2D eigenvalue weighted by Gasteiger charge is 2.53. The number of hydrogen-bond donors (Lipinski definition) is 0. The van der Waals surface area contributed by atoms with Gasteiger partial charge in [0.1, 0.15) is 0 Å². The highest BCUT2D eigenvalue weighted by Crippen LogP contribution is 2.37. The second kappa shape index (κ2) is 5.63. The van der Waals surface area contributed by atoms with Crippen molar-refractivity contribution < 1.29 is 9.31 Å². The van der Waals surface area contributed by atoms with Crippen LogP contribution in [0.25, 0.3) is 0 Å². The van der Waals surface area contributed by atoms with Gasteiger partial charge in [0.25, 0.3) is 0 Å². The quantitative estimate of drug-likeness (QED) is 0.783. The van der Waals surface area contributed by atoms with Gasteiger partial charge in [-0.1, -0.05) is 19.8 Å². The second-order valence-electron chi connectivity index (χ2n) is 8.54. The van der Waals surface area contributed by atoms with E-state index in [0.717, 1.165) is 17.1 Å². The van der Waals surface area contributed by atoms with E-state index in [2.05, 4.69) is 53.1 Å². The molecule has 1 saturated heterocycles. The summed E-state index contributed by atoms with van der Waals surface area (Å²) in [6.07, 6.45) is 5.11. The van der Waals surface area contributed by atoms with Crippen molar-refractivity contribution in [2.24, 2.45) is 5.92 Å². The maximum absolute atomic E-state index is 6.26. The zero-order chi connectivity index (χ0) is 17.0. The summed E-state index contributed by atoms with van der Waals surface area (Å²) in [5.74, 6) is 0.790. The highest BCUT2D eigenvalue weighted by molar-refractivity contribution is 6.63. The Labute approximate surface area is 141 Å². The summed E-state index contributed by atoms with van der Waals surface area (Å²) in [6.45, 7) is 15.0. The van der Waals surface area contributed by atoms with Gasteiger partial charge in [-0.25, -0.2) is 0 Å². The molecule has 5 heteroatoms. The molecule has 128 valence electrons. The van der Waals surface area contributed by atoms with Gasteiger partial charge < -0.3 is 9.31 Å². The lowest BCUT2D eigenvalue weighted by Crippen LogP contribution is -2.41. The first-order valence-electron chi connectivity index (χ1n) is 9.03. The van der Waals surface area contributed by atoms with Crippen molar-refractivity contribution in [2.75, 3.05) is 0 Å². The summed E-state index contributed by atoms with van der Waals surface area (Å²) in [7, 11) is -0.310. The summed E-state index contributed by atoms with van der Waals surface area (Å²) >= 11 is 0. The molecular weight excluding hydrogens is 287 g/mol. The molecule has 2 fully saturated rings. The average Bonchev–Trinajstić information content (AvgIpc) is 2.83. The van der Waals surface area contributed by atoms with Crippen molar-refractivity contribution in [3.05, 3.63) is 11.4 Å². The molecule has 1 aliphatic heterocycles. The topological polar surface area (TPSA) is 36.3 Å². The van der Waals surface area contributed by atoms with Crippen LogP contribution in [0.2, 0.25) is 0 Å². The van der Waals surface area contributed by atoms with Crippen LogP contribution in [0.4, 0.5) is 0 Å². The molecule has 0 radical (unpaired) electrons.